The second kappa shape index (κ2) is 5.39. The first-order valence-electron chi connectivity index (χ1n) is 5.61. The molecule has 2 atom stereocenters. The van der Waals surface area contributed by atoms with Gasteiger partial charge in [-0.15, -0.1) is 0 Å². The van der Waals surface area contributed by atoms with Crippen LogP contribution >= 0.6 is 27.5 Å². The Morgan fingerprint density at radius 1 is 1.50 bits per heavy atom. The predicted molar refractivity (Wildman–Crippen MR) is 76.4 cm³/mol. The minimum atomic E-state index is -2.86. The Morgan fingerprint density at radius 3 is 2.72 bits per heavy atom. The molecule has 6 heteroatoms. The number of halogens is 2. The van der Waals surface area contributed by atoms with Crippen LogP contribution in [0.3, 0.4) is 0 Å². The number of benzene rings is 1. The van der Waals surface area contributed by atoms with Gasteiger partial charge in [-0.3, -0.25) is 0 Å². The second-order valence-electron chi connectivity index (χ2n) is 4.46. The quantitative estimate of drug-likeness (QED) is 0.784. The zero-order valence-electron chi connectivity index (χ0n) is 9.90. The average molecular weight is 354 g/mol. The summed E-state index contributed by atoms with van der Waals surface area (Å²) < 4.78 is 28.0. The lowest BCUT2D eigenvalue weighted by molar-refractivity contribution is 0.414. The van der Waals surface area contributed by atoms with E-state index in [0.717, 1.165) is 5.56 Å². The van der Waals surface area contributed by atoms with Crippen molar-refractivity contribution in [2.75, 3.05) is 18.6 Å². The van der Waals surface area contributed by atoms with E-state index in [9.17, 15) is 8.42 Å². The maximum Gasteiger partial charge on any atom is 0.150 e. The highest BCUT2D eigenvalue weighted by molar-refractivity contribution is 9.09. The largest absolute Gasteiger partial charge is 0.495 e. The number of hydrogen-bond donors (Lipinski definition) is 0. The molecule has 2 rings (SSSR count). The minimum absolute atomic E-state index is 0.0122. The Bertz CT molecular complexity index is 544. The molecular formula is C12H14BrClO3S. The van der Waals surface area contributed by atoms with Crippen LogP contribution in [0.25, 0.3) is 0 Å². The van der Waals surface area contributed by atoms with Gasteiger partial charge >= 0.3 is 0 Å². The van der Waals surface area contributed by atoms with E-state index in [1.165, 1.54) is 0 Å². The molecule has 0 amide bonds. The third kappa shape index (κ3) is 3.00. The lowest BCUT2D eigenvalue weighted by atomic mass is 9.99. The van der Waals surface area contributed by atoms with Gasteiger partial charge in [-0.25, -0.2) is 8.42 Å². The Balaban J connectivity index is 2.19. The van der Waals surface area contributed by atoms with Gasteiger partial charge in [0.2, 0.25) is 0 Å². The van der Waals surface area contributed by atoms with Gasteiger partial charge in [0.15, 0.2) is 9.84 Å². The summed E-state index contributed by atoms with van der Waals surface area (Å²) >= 11 is 9.65. The predicted octanol–water partition coefficient (Wildman–Crippen LogP) is 3.22. The number of sulfone groups is 1. The highest BCUT2D eigenvalue weighted by Gasteiger charge is 2.33. The molecule has 1 saturated heterocycles. The minimum Gasteiger partial charge on any atom is -0.495 e. The fourth-order valence-electron chi connectivity index (χ4n) is 2.18. The number of ether oxygens (including phenoxy) is 1. The van der Waals surface area contributed by atoms with E-state index in [-0.39, 0.29) is 22.3 Å². The first-order valence-corrected chi connectivity index (χ1v) is 8.72. The molecule has 0 radical (unpaired) electrons. The Kier molecular flexibility index (Phi) is 4.24. The van der Waals surface area contributed by atoms with Gasteiger partial charge in [0, 0.05) is 4.83 Å². The van der Waals surface area contributed by atoms with Crippen molar-refractivity contribution in [1.82, 2.24) is 0 Å². The fourth-order valence-corrected chi connectivity index (χ4v) is 5.27. The van der Waals surface area contributed by atoms with Crippen LogP contribution in [0.2, 0.25) is 5.02 Å². The Labute approximate surface area is 121 Å². The van der Waals surface area contributed by atoms with Gasteiger partial charge in [-0.1, -0.05) is 33.6 Å². The summed E-state index contributed by atoms with van der Waals surface area (Å²) in [4.78, 5) is 0.0122. The number of hydrogen-bond acceptors (Lipinski definition) is 3. The molecule has 0 spiro atoms. The summed E-state index contributed by atoms with van der Waals surface area (Å²) in [6, 6.07) is 5.54. The summed E-state index contributed by atoms with van der Waals surface area (Å²) in [5.74, 6) is 1.26. The molecule has 2 unspecified atom stereocenters. The molecule has 18 heavy (non-hydrogen) atoms. The number of alkyl halides is 1. The van der Waals surface area contributed by atoms with E-state index in [2.05, 4.69) is 15.9 Å². The number of rotatable bonds is 3. The van der Waals surface area contributed by atoms with E-state index >= 15 is 0 Å². The van der Waals surface area contributed by atoms with E-state index < -0.39 is 9.84 Å². The lowest BCUT2D eigenvalue weighted by Gasteiger charge is -2.17. The van der Waals surface area contributed by atoms with Gasteiger partial charge in [-0.05, 0) is 30.0 Å². The van der Waals surface area contributed by atoms with Crippen LogP contribution in [0.15, 0.2) is 18.2 Å². The molecule has 1 aromatic rings. The lowest BCUT2D eigenvalue weighted by Crippen LogP contribution is -2.10. The molecule has 1 aliphatic rings. The molecule has 0 N–H and O–H groups in total. The molecule has 3 nitrogen and oxygen atoms in total. The summed E-state index contributed by atoms with van der Waals surface area (Å²) in [7, 11) is -1.29. The van der Waals surface area contributed by atoms with Gasteiger partial charge in [0.25, 0.3) is 0 Å². The van der Waals surface area contributed by atoms with Crippen molar-refractivity contribution in [3.05, 3.63) is 28.8 Å². The summed E-state index contributed by atoms with van der Waals surface area (Å²) in [6.07, 6.45) is 0.696. The smallest absolute Gasteiger partial charge is 0.150 e. The monoisotopic (exact) mass is 352 g/mol. The van der Waals surface area contributed by atoms with Crippen molar-refractivity contribution < 1.29 is 13.2 Å². The fraction of sp³-hybridized carbons (Fsp3) is 0.500. The van der Waals surface area contributed by atoms with Crippen molar-refractivity contribution in [2.24, 2.45) is 5.92 Å². The van der Waals surface area contributed by atoms with Crippen molar-refractivity contribution in [3.8, 4) is 5.75 Å². The van der Waals surface area contributed by atoms with Gasteiger partial charge in [0.05, 0.1) is 23.6 Å². The van der Waals surface area contributed by atoms with Crippen molar-refractivity contribution >= 4 is 37.4 Å². The van der Waals surface area contributed by atoms with Crippen molar-refractivity contribution in [1.29, 1.82) is 0 Å². The van der Waals surface area contributed by atoms with Crippen molar-refractivity contribution in [2.45, 2.75) is 11.2 Å². The van der Waals surface area contributed by atoms with E-state index in [4.69, 9.17) is 16.3 Å². The SMILES string of the molecule is COc1ccc(C(Br)C2CCS(=O)(=O)C2)cc1Cl. The van der Waals surface area contributed by atoms with Gasteiger partial charge in [-0.2, -0.15) is 0 Å². The van der Waals surface area contributed by atoms with Crippen LogP contribution in [0.4, 0.5) is 0 Å². The normalized spacial score (nSPS) is 23.8. The highest BCUT2D eigenvalue weighted by Crippen LogP contribution is 2.39. The van der Waals surface area contributed by atoms with Crippen LogP contribution in [0.5, 0.6) is 5.75 Å². The third-order valence-electron chi connectivity index (χ3n) is 3.18. The maximum atomic E-state index is 11.5. The summed E-state index contributed by atoms with van der Waals surface area (Å²) in [5.41, 5.74) is 0.989. The average Bonchev–Trinajstić information content (AvgIpc) is 2.68. The van der Waals surface area contributed by atoms with Gasteiger partial charge in [0.1, 0.15) is 5.75 Å². The van der Waals surface area contributed by atoms with Crippen LogP contribution in [-0.2, 0) is 9.84 Å². The maximum absolute atomic E-state index is 11.5. The standard InChI is InChI=1S/C12H14BrClO3S/c1-17-11-3-2-8(6-10(11)14)12(13)9-4-5-18(15,16)7-9/h2-3,6,9,12H,4-5,7H2,1H3. The van der Waals surface area contributed by atoms with Gasteiger partial charge < -0.3 is 4.74 Å². The first kappa shape index (κ1) is 14.2. The molecule has 1 aromatic carbocycles. The zero-order valence-corrected chi connectivity index (χ0v) is 13.1. The Hall–Kier alpha value is -0.260. The number of methoxy groups -OCH3 is 1. The topological polar surface area (TPSA) is 43.4 Å². The van der Waals surface area contributed by atoms with Crippen LogP contribution in [0, 0.1) is 5.92 Å². The molecule has 0 aliphatic carbocycles. The molecule has 1 heterocycles. The third-order valence-corrected chi connectivity index (χ3v) is 6.54. The highest BCUT2D eigenvalue weighted by atomic mass is 79.9. The van der Waals surface area contributed by atoms with Crippen molar-refractivity contribution in [3.63, 3.8) is 0 Å². The summed E-state index contributed by atoms with van der Waals surface area (Å²) in [6.45, 7) is 0. The Morgan fingerprint density at radius 2 is 2.22 bits per heavy atom. The molecule has 1 aliphatic heterocycles. The van der Waals surface area contributed by atoms with E-state index in [1.807, 2.05) is 12.1 Å². The molecule has 1 fully saturated rings. The van der Waals surface area contributed by atoms with Crippen LogP contribution in [0.1, 0.15) is 16.8 Å². The van der Waals surface area contributed by atoms with Crippen LogP contribution in [-0.4, -0.2) is 27.0 Å². The molecule has 0 bridgehead atoms. The summed E-state index contributed by atoms with van der Waals surface area (Å²) in [5, 5.41) is 0.542. The van der Waals surface area contributed by atoms with E-state index in [0.29, 0.717) is 17.2 Å². The van der Waals surface area contributed by atoms with E-state index in [1.54, 1.807) is 13.2 Å². The molecular weight excluding hydrogens is 340 g/mol. The first-order chi connectivity index (χ1) is 8.43. The molecule has 0 aromatic heterocycles. The van der Waals surface area contributed by atoms with Crippen LogP contribution < -0.4 is 4.74 Å². The molecule has 0 saturated carbocycles. The zero-order chi connectivity index (χ0) is 13.3. The molecule has 100 valence electrons. The second-order valence-corrected chi connectivity index (χ2v) is 8.08.